The smallest absolute Gasteiger partial charge is 0.204 e. The van der Waals surface area contributed by atoms with E-state index in [9.17, 15) is 0 Å². The second-order valence-electron chi connectivity index (χ2n) is 4.00. The summed E-state index contributed by atoms with van der Waals surface area (Å²) >= 11 is 0. The summed E-state index contributed by atoms with van der Waals surface area (Å²) in [5.74, 6) is 0. The van der Waals surface area contributed by atoms with Crippen molar-refractivity contribution in [3.05, 3.63) is 0 Å². The first-order valence-corrected chi connectivity index (χ1v) is 7.75. The Labute approximate surface area is 88.5 Å². The lowest BCUT2D eigenvalue weighted by Gasteiger charge is -2.12. The van der Waals surface area contributed by atoms with E-state index in [1.807, 2.05) is 0 Å². The Hall–Kier alpha value is 0.0969. The van der Waals surface area contributed by atoms with Crippen LogP contribution in [0.15, 0.2) is 0 Å². The minimum absolute atomic E-state index is 0.340. The fourth-order valence-electron chi connectivity index (χ4n) is 1.17. The largest absolute Gasteiger partial charge is 0.417 e. The van der Waals surface area contributed by atoms with Gasteiger partial charge in [0.1, 0.15) is 6.10 Å². The number of hydrogen-bond donors (Lipinski definition) is 0. The molecule has 1 saturated heterocycles. The molecule has 0 aromatic carbocycles. The van der Waals surface area contributed by atoms with Crippen LogP contribution < -0.4 is 0 Å². The van der Waals surface area contributed by atoms with Crippen molar-refractivity contribution in [3.8, 4) is 0 Å². The zero-order chi connectivity index (χ0) is 10.4. The van der Waals surface area contributed by atoms with Crippen LogP contribution in [0.25, 0.3) is 0 Å². The summed E-state index contributed by atoms with van der Waals surface area (Å²) in [6, 6.07) is 0. The van der Waals surface area contributed by atoms with Gasteiger partial charge in [0.25, 0.3) is 0 Å². The molecule has 0 bridgehead atoms. The fourth-order valence-corrected chi connectivity index (χ4v) is 1.72. The second-order valence-corrected chi connectivity index (χ2v) is 6.10. The van der Waals surface area contributed by atoms with Crippen LogP contribution in [0.1, 0.15) is 19.8 Å². The Morgan fingerprint density at radius 1 is 1.50 bits per heavy atom. The molecule has 1 heterocycles. The Morgan fingerprint density at radius 2 is 2.21 bits per heavy atom. The Balaban J connectivity index is 1.83. The van der Waals surface area contributed by atoms with E-state index in [4.69, 9.17) is 13.9 Å². The van der Waals surface area contributed by atoms with E-state index in [1.165, 1.54) is 0 Å². The Kier molecular flexibility index (Phi) is 5.70. The molecule has 0 spiro atoms. The zero-order valence-corrected chi connectivity index (χ0v) is 10.4. The van der Waals surface area contributed by atoms with Crippen molar-refractivity contribution in [3.63, 3.8) is 0 Å². The third kappa shape index (κ3) is 6.54. The quantitative estimate of drug-likeness (QED) is 0.353. The van der Waals surface area contributed by atoms with E-state index in [2.05, 4.69) is 20.0 Å². The summed E-state index contributed by atoms with van der Waals surface area (Å²) in [7, 11) is -0.509. The minimum atomic E-state index is -0.509. The molecule has 1 aliphatic heterocycles. The molecule has 4 heteroatoms. The predicted octanol–water partition coefficient (Wildman–Crippen LogP) is 1.84. The van der Waals surface area contributed by atoms with E-state index in [0.717, 1.165) is 32.7 Å². The SMILES string of the molecule is CC(CCCO[Si](C)C)OCC1CO1. The van der Waals surface area contributed by atoms with Crippen molar-refractivity contribution >= 4 is 9.04 Å². The molecule has 1 rings (SSSR count). The highest BCUT2D eigenvalue weighted by atomic mass is 28.3. The van der Waals surface area contributed by atoms with Crippen LogP contribution in [0, 0.1) is 0 Å². The highest BCUT2D eigenvalue weighted by molar-refractivity contribution is 6.48. The summed E-state index contributed by atoms with van der Waals surface area (Å²) < 4.78 is 16.2. The van der Waals surface area contributed by atoms with Crippen LogP contribution in [-0.2, 0) is 13.9 Å². The average Bonchev–Trinajstić information content (AvgIpc) is 2.92. The van der Waals surface area contributed by atoms with Crippen LogP contribution in [0.4, 0.5) is 0 Å². The topological polar surface area (TPSA) is 31.0 Å². The van der Waals surface area contributed by atoms with Gasteiger partial charge in [0, 0.05) is 6.61 Å². The van der Waals surface area contributed by atoms with Crippen molar-refractivity contribution in [2.45, 2.75) is 45.1 Å². The molecule has 0 N–H and O–H groups in total. The molecule has 1 aliphatic rings. The number of epoxide rings is 1. The third-order valence-corrected chi connectivity index (χ3v) is 2.90. The fraction of sp³-hybridized carbons (Fsp3) is 1.00. The van der Waals surface area contributed by atoms with E-state index in [1.54, 1.807) is 0 Å². The van der Waals surface area contributed by atoms with Gasteiger partial charge in [-0.3, -0.25) is 0 Å². The summed E-state index contributed by atoms with van der Waals surface area (Å²) in [6.07, 6.45) is 2.91. The van der Waals surface area contributed by atoms with Crippen molar-refractivity contribution in [2.24, 2.45) is 0 Å². The van der Waals surface area contributed by atoms with Crippen molar-refractivity contribution in [1.29, 1.82) is 0 Å². The standard InChI is InChI=1S/C10H21O3Si/c1-9(11-7-10-8-12-10)5-4-6-13-14(2)3/h9-10H,4-8H2,1-3H3. The Morgan fingerprint density at radius 3 is 2.79 bits per heavy atom. The Bertz CT molecular complexity index is 148. The first-order valence-electron chi connectivity index (χ1n) is 5.34. The lowest BCUT2D eigenvalue weighted by Crippen LogP contribution is -2.15. The molecule has 0 aromatic rings. The van der Waals surface area contributed by atoms with Gasteiger partial charge in [-0.1, -0.05) is 0 Å². The lowest BCUT2D eigenvalue weighted by atomic mass is 10.2. The molecule has 0 aromatic heterocycles. The van der Waals surface area contributed by atoms with Crippen LogP contribution in [0.5, 0.6) is 0 Å². The van der Waals surface area contributed by atoms with E-state index >= 15 is 0 Å². The third-order valence-electron chi connectivity index (χ3n) is 2.11. The van der Waals surface area contributed by atoms with Gasteiger partial charge in [0.05, 0.1) is 19.3 Å². The van der Waals surface area contributed by atoms with Gasteiger partial charge in [0.15, 0.2) is 0 Å². The van der Waals surface area contributed by atoms with Crippen LogP contribution >= 0.6 is 0 Å². The first-order chi connectivity index (χ1) is 6.68. The van der Waals surface area contributed by atoms with Crippen LogP contribution in [0.2, 0.25) is 13.1 Å². The maximum Gasteiger partial charge on any atom is 0.204 e. The molecular weight excluding hydrogens is 196 g/mol. The van der Waals surface area contributed by atoms with E-state index < -0.39 is 9.04 Å². The van der Waals surface area contributed by atoms with Gasteiger partial charge in [-0.2, -0.15) is 0 Å². The van der Waals surface area contributed by atoms with E-state index in [-0.39, 0.29) is 0 Å². The summed E-state index contributed by atoms with van der Waals surface area (Å²) in [5.41, 5.74) is 0. The number of hydrogen-bond acceptors (Lipinski definition) is 3. The van der Waals surface area contributed by atoms with Gasteiger partial charge >= 0.3 is 0 Å². The molecule has 3 nitrogen and oxygen atoms in total. The highest BCUT2D eigenvalue weighted by Crippen LogP contribution is 2.11. The van der Waals surface area contributed by atoms with Gasteiger partial charge in [-0.25, -0.2) is 0 Å². The van der Waals surface area contributed by atoms with Crippen molar-refractivity contribution in [1.82, 2.24) is 0 Å². The van der Waals surface area contributed by atoms with Crippen molar-refractivity contribution < 1.29 is 13.9 Å². The van der Waals surface area contributed by atoms with Gasteiger partial charge < -0.3 is 13.9 Å². The monoisotopic (exact) mass is 217 g/mol. The normalized spacial score (nSPS) is 22.7. The maximum absolute atomic E-state index is 5.60. The maximum atomic E-state index is 5.60. The number of rotatable bonds is 8. The summed E-state index contributed by atoms with van der Waals surface area (Å²) in [6.45, 7) is 8.97. The van der Waals surface area contributed by atoms with E-state index in [0.29, 0.717) is 12.2 Å². The molecule has 0 saturated carbocycles. The molecule has 83 valence electrons. The van der Waals surface area contributed by atoms with Gasteiger partial charge in [0.2, 0.25) is 9.04 Å². The number of ether oxygens (including phenoxy) is 2. The summed E-state index contributed by atoms with van der Waals surface area (Å²) in [4.78, 5) is 0. The van der Waals surface area contributed by atoms with Crippen LogP contribution in [-0.4, -0.2) is 41.1 Å². The molecule has 0 aliphatic carbocycles. The second kappa shape index (κ2) is 6.56. The molecule has 0 amide bonds. The molecular formula is C10H21O3Si. The molecule has 1 radical (unpaired) electrons. The first kappa shape index (κ1) is 12.2. The zero-order valence-electron chi connectivity index (χ0n) is 9.41. The predicted molar refractivity (Wildman–Crippen MR) is 57.8 cm³/mol. The molecule has 14 heavy (non-hydrogen) atoms. The van der Waals surface area contributed by atoms with Crippen LogP contribution in [0.3, 0.4) is 0 Å². The lowest BCUT2D eigenvalue weighted by molar-refractivity contribution is 0.0456. The molecule has 2 atom stereocenters. The highest BCUT2D eigenvalue weighted by Gasteiger charge is 2.23. The van der Waals surface area contributed by atoms with Gasteiger partial charge in [-0.15, -0.1) is 0 Å². The summed E-state index contributed by atoms with van der Waals surface area (Å²) in [5, 5.41) is 0. The van der Waals surface area contributed by atoms with Crippen molar-refractivity contribution in [2.75, 3.05) is 19.8 Å². The molecule has 1 fully saturated rings. The average molecular weight is 217 g/mol. The minimum Gasteiger partial charge on any atom is -0.417 e. The molecule has 2 unspecified atom stereocenters. The van der Waals surface area contributed by atoms with Gasteiger partial charge in [-0.05, 0) is 32.9 Å².